The maximum Gasteiger partial charge on any atom is 0.154 e. The van der Waals surface area contributed by atoms with Gasteiger partial charge in [0, 0.05) is 0 Å². The summed E-state index contributed by atoms with van der Waals surface area (Å²) in [5.74, 6) is 0. The molecular weight excluding hydrogens is 164 g/mol. The summed E-state index contributed by atoms with van der Waals surface area (Å²) in [6.45, 7) is 2.20. The highest BCUT2D eigenvalue weighted by atomic mass is 16.6. The fraction of sp³-hybridized carbons (Fsp3) is 1.00. The van der Waals surface area contributed by atoms with Gasteiger partial charge in [-0.25, -0.2) is 0 Å². The highest BCUT2D eigenvalue weighted by Gasteiger charge is 2.20. The van der Waals surface area contributed by atoms with Gasteiger partial charge in [-0.05, 0) is 32.1 Å². The van der Waals surface area contributed by atoms with E-state index in [0.29, 0.717) is 6.10 Å². The fourth-order valence-corrected chi connectivity index (χ4v) is 1.54. The van der Waals surface area contributed by atoms with Gasteiger partial charge in [0.1, 0.15) is 0 Å². The van der Waals surface area contributed by atoms with Gasteiger partial charge in [-0.3, -0.25) is 0 Å². The van der Waals surface area contributed by atoms with Crippen molar-refractivity contribution in [3.8, 4) is 0 Å². The molecule has 0 amide bonds. The number of hydrogen-bond acceptors (Lipinski definition) is 2. The largest absolute Gasteiger partial charge is 0.368 e. The molecule has 0 heterocycles. The third-order valence-corrected chi connectivity index (χ3v) is 2.71. The Hall–Kier alpha value is -0.0800. The summed E-state index contributed by atoms with van der Waals surface area (Å²) < 4.78 is 5.42. The van der Waals surface area contributed by atoms with Gasteiger partial charge in [0.15, 0.2) is 6.29 Å². The number of unbranched alkanes of at least 4 members (excludes halogenated alkanes) is 3. The Morgan fingerprint density at radius 3 is 2.62 bits per heavy atom. The van der Waals surface area contributed by atoms with Crippen molar-refractivity contribution in [2.75, 3.05) is 0 Å². The molecule has 0 aromatic carbocycles. The van der Waals surface area contributed by atoms with Crippen LogP contribution in [0.2, 0.25) is 0 Å². The van der Waals surface area contributed by atoms with Crippen molar-refractivity contribution < 1.29 is 9.84 Å². The van der Waals surface area contributed by atoms with Crippen LogP contribution in [0.15, 0.2) is 0 Å². The van der Waals surface area contributed by atoms with Gasteiger partial charge in [0.05, 0.1) is 6.10 Å². The van der Waals surface area contributed by atoms with E-state index in [1.165, 1.54) is 25.7 Å². The van der Waals surface area contributed by atoms with Crippen molar-refractivity contribution in [2.45, 2.75) is 70.7 Å². The smallest absolute Gasteiger partial charge is 0.154 e. The molecule has 2 heteroatoms. The average molecular weight is 186 g/mol. The molecule has 78 valence electrons. The minimum atomic E-state index is -0.498. The number of rotatable bonds is 7. The second-order valence-corrected chi connectivity index (χ2v) is 3.99. The van der Waals surface area contributed by atoms with Crippen LogP contribution in [0.4, 0.5) is 0 Å². The third-order valence-electron chi connectivity index (χ3n) is 2.71. The SMILES string of the molecule is CCCCCCC(O)OC1CCC1. The summed E-state index contributed by atoms with van der Waals surface area (Å²) in [7, 11) is 0. The zero-order valence-electron chi connectivity index (χ0n) is 8.67. The predicted molar refractivity (Wildman–Crippen MR) is 53.5 cm³/mol. The second-order valence-electron chi connectivity index (χ2n) is 3.99. The molecule has 1 fully saturated rings. The topological polar surface area (TPSA) is 29.5 Å². The number of aliphatic hydroxyl groups excluding tert-OH is 1. The Kier molecular flexibility index (Phi) is 5.40. The molecule has 0 saturated heterocycles. The Bertz CT molecular complexity index is 121. The zero-order valence-corrected chi connectivity index (χ0v) is 8.67. The summed E-state index contributed by atoms with van der Waals surface area (Å²) in [5, 5.41) is 9.46. The lowest BCUT2D eigenvalue weighted by Crippen LogP contribution is -2.27. The minimum absolute atomic E-state index is 0.362. The molecule has 1 N–H and O–H groups in total. The Morgan fingerprint density at radius 2 is 2.08 bits per heavy atom. The molecule has 0 aromatic rings. The third kappa shape index (κ3) is 4.63. The maximum absolute atomic E-state index is 9.46. The molecule has 1 rings (SSSR count). The quantitative estimate of drug-likeness (QED) is 0.489. The van der Waals surface area contributed by atoms with Crippen LogP contribution in [0.3, 0.4) is 0 Å². The number of ether oxygens (including phenoxy) is 1. The molecule has 0 radical (unpaired) electrons. The minimum Gasteiger partial charge on any atom is -0.368 e. The van der Waals surface area contributed by atoms with E-state index in [0.717, 1.165) is 25.7 Å². The van der Waals surface area contributed by atoms with Crippen molar-refractivity contribution >= 4 is 0 Å². The van der Waals surface area contributed by atoms with Crippen LogP contribution in [-0.4, -0.2) is 17.5 Å². The summed E-state index contributed by atoms with van der Waals surface area (Å²) in [4.78, 5) is 0. The molecule has 0 bridgehead atoms. The second kappa shape index (κ2) is 6.39. The van der Waals surface area contributed by atoms with Gasteiger partial charge in [-0.1, -0.05) is 26.2 Å². The molecule has 0 spiro atoms. The first kappa shape index (κ1) is 11.0. The Morgan fingerprint density at radius 1 is 1.31 bits per heavy atom. The molecule has 0 aliphatic heterocycles. The Balaban J connectivity index is 1.87. The van der Waals surface area contributed by atoms with Crippen LogP contribution < -0.4 is 0 Å². The van der Waals surface area contributed by atoms with E-state index in [4.69, 9.17) is 4.74 Å². The molecule has 1 atom stereocenters. The van der Waals surface area contributed by atoms with Gasteiger partial charge in [0.2, 0.25) is 0 Å². The van der Waals surface area contributed by atoms with Crippen molar-refractivity contribution in [1.29, 1.82) is 0 Å². The van der Waals surface area contributed by atoms with Crippen LogP contribution in [0.1, 0.15) is 58.3 Å². The van der Waals surface area contributed by atoms with Gasteiger partial charge >= 0.3 is 0 Å². The molecular formula is C11H22O2. The zero-order chi connectivity index (χ0) is 9.52. The molecule has 2 nitrogen and oxygen atoms in total. The molecule has 1 saturated carbocycles. The lowest BCUT2D eigenvalue weighted by molar-refractivity contribution is -0.159. The van der Waals surface area contributed by atoms with E-state index < -0.39 is 6.29 Å². The summed E-state index contributed by atoms with van der Waals surface area (Å²) in [6, 6.07) is 0. The standard InChI is InChI=1S/C11H22O2/c1-2-3-4-5-9-11(12)13-10-7-6-8-10/h10-12H,2-9H2,1H3. The van der Waals surface area contributed by atoms with Crippen molar-refractivity contribution in [3.63, 3.8) is 0 Å². The van der Waals surface area contributed by atoms with Gasteiger partial charge in [-0.2, -0.15) is 0 Å². The lowest BCUT2D eigenvalue weighted by Gasteiger charge is -2.28. The number of aliphatic hydroxyl groups is 1. The van der Waals surface area contributed by atoms with Crippen LogP contribution in [0, 0.1) is 0 Å². The Labute approximate surface area is 81.3 Å². The first-order chi connectivity index (χ1) is 6.33. The van der Waals surface area contributed by atoms with E-state index >= 15 is 0 Å². The van der Waals surface area contributed by atoms with E-state index in [1.807, 2.05) is 0 Å². The van der Waals surface area contributed by atoms with Gasteiger partial charge in [0.25, 0.3) is 0 Å². The predicted octanol–water partition coefficient (Wildman–Crippen LogP) is 2.84. The molecule has 1 aliphatic rings. The van der Waals surface area contributed by atoms with E-state index in [9.17, 15) is 5.11 Å². The molecule has 1 aliphatic carbocycles. The first-order valence-corrected chi connectivity index (χ1v) is 5.66. The number of hydrogen-bond donors (Lipinski definition) is 1. The normalized spacial score (nSPS) is 19.8. The molecule has 0 aromatic heterocycles. The van der Waals surface area contributed by atoms with Gasteiger partial charge < -0.3 is 9.84 Å². The van der Waals surface area contributed by atoms with Gasteiger partial charge in [-0.15, -0.1) is 0 Å². The molecule has 1 unspecified atom stereocenters. The molecule has 13 heavy (non-hydrogen) atoms. The van der Waals surface area contributed by atoms with Crippen LogP contribution in [0.5, 0.6) is 0 Å². The van der Waals surface area contributed by atoms with Crippen LogP contribution >= 0.6 is 0 Å². The highest BCUT2D eigenvalue weighted by molar-refractivity contribution is 4.69. The highest BCUT2D eigenvalue weighted by Crippen LogP contribution is 2.23. The van der Waals surface area contributed by atoms with Crippen LogP contribution in [0.25, 0.3) is 0 Å². The van der Waals surface area contributed by atoms with Crippen molar-refractivity contribution in [1.82, 2.24) is 0 Å². The summed E-state index contributed by atoms with van der Waals surface area (Å²) in [5.41, 5.74) is 0. The van der Waals surface area contributed by atoms with E-state index in [1.54, 1.807) is 0 Å². The maximum atomic E-state index is 9.46. The monoisotopic (exact) mass is 186 g/mol. The van der Waals surface area contributed by atoms with E-state index in [2.05, 4.69) is 6.92 Å². The van der Waals surface area contributed by atoms with Crippen molar-refractivity contribution in [3.05, 3.63) is 0 Å². The fourth-order valence-electron chi connectivity index (χ4n) is 1.54. The summed E-state index contributed by atoms with van der Waals surface area (Å²) in [6.07, 6.45) is 9.09. The van der Waals surface area contributed by atoms with Crippen molar-refractivity contribution in [2.24, 2.45) is 0 Å². The van der Waals surface area contributed by atoms with Crippen LogP contribution in [-0.2, 0) is 4.74 Å². The first-order valence-electron chi connectivity index (χ1n) is 5.66. The average Bonchev–Trinajstić information content (AvgIpc) is 2.06. The van der Waals surface area contributed by atoms with E-state index in [-0.39, 0.29) is 0 Å². The lowest BCUT2D eigenvalue weighted by atomic mass is 9.96. The summed E-state index contributed by atoms with van der Waals surface area (Å²) >= 11 is 0.